The quantitative estimate of drug-likeness (QED) is 0.876. The molecule has 3 aliphatic rings. The van der Waals surface area contributed by atoms with E-state index >= 15 is 0 Å². The SMILES string of the molecule is Cc1ccccc1OC1(C(=O)NC2(CN3CCC3)CC2)CC1. The Labute approximate surface area is 131 Å². The number of nitrogens with zero attached hydrogens (tertiary/aromatic N) is 1. The first-order valence-electron chi connectivity index (χ1n) is 8.41. The number of hydrogen-bond acceptors (Lipinski definition) is 3. The first-order valence-corrected chi connectivity index (χ1v) is 8.41. The molecule has 2 aliphatic carbocycles. The van der Waals surface area contributed by atoms with Gasteiger partial charge in [0.05, 0.1) is 5.54 Å². The molecule has 1 heterocycles. The lowest BCUT2D eigenvalue weighted by Gasteiger charge is -2.35. The monoisotopic (exact) mass is 300 g/mol. The third-order valence-corrected chi connectivity index (χ3v) is 5.22. The predicted octanol–water partition coefficient (Wildman–Crippen LogP) is 2.26. The largest absolute Gasteiger partial charge is 0.477 e. The molecule has 4 rings (SSSR count). The minimum Gasteiger partial charge on any atom is -0.477 e. The van der Waals surface area contributed by atoms with Crippen molar-refractivity contribution in [3.05, 3.63) is 29.8 Å². The Bertz CT molecular complexity index is 587. The molecule has 0 radical (unpaired) electrons. The molecule has 2 saturated carbocycles. The fraction of sp³-hybridized carbons (Fsp3) is 0.611. The lowest BCUT2D eigenvalue weighted by molar-refractivity contribution is -0.131. The maximum atomic E-state index is 12.7. The average Bonchev–Trinajstić information content (AvgIpc) is 3.35. The summed E-state index contributed by atoms with van der Waals surface area (Å²) >= 11 is 0. The second-order valence-electron chi connectivity index (χ2n) is 7.23. The first kappa shape index (κ1) is 14.1. The van der Waals surface area contributed by atoms with Gasteiger partial charge in [-0.2, -0.15) is 0 Å². The van der Waals surface area contributed by atoms with Gasteiger partial charge in [-0.15, -0.1) is 0 Å². The molecule has 0 atom stereocenters. The Hall–Kier alpha value is -1.55. The van der Waals surface area contributed by atoms with Crippen molar-refractivity contribution < 1.29 is 9.53 Å². The molecule has 1 aliphatic heterocycles. The highest BCUT2D eigenvalue weighted by molar-refractivity contribution is 5.89. The summed E-state index contributed by atoms with van der Waals surface area (Å²) in [4.78, 5) is 15.2. The second-order valence-corrected chi connectivity index (χ2v) is 7.23. The molecule has 1 aromatic carbocycles. The van der Waals surface area contributed by atoms with Crippen LogP contribution < -0.4 is 10.1 Å². The molecule has 4 heteroatoms. The fourth-order valence-electron chi connectivity index (χ4n) is 3.17. The van der Waals surface area contributed by atoms with E-state index in [0.717, 1.165) is 43.5 Å². The van der Waals surface area contributed by atoms with Gasteiger partial charge in [0, 0.05) is 19.4 Å². The molecule has 0 spiro atoms. The van der Waals surface area contributed by atoms with Crippen LogP contribution in [0.2, 0.25) is 0 Å². The van der Waals surface area contributed by atoms with Crippen molar-refractivity contribution >= 4 is 5.91 Å². The predicted molar refractivity (Wildman–Crippen MR) is 84.9 cm³/mol. The maximum Gasteiger partial charge on any atom is 0.264 e. The van der Waals surface area contributed by atoms with E-state index in [1.165, 1.54) is 19.5 Å². The smallest absolute Gasteiger partial charge is 0.264 e. The number of ether oxygens (including phenoxy) is 1. The summed E-state index contributed by atoms with van der Waals surface area (Å²) < 4.78 is 6.10. The zero-order valence-electron chi connectivity index (χ0n) is 13.2. The third kappa shape index (κ3) is 2.60. The summed E-state index contributed by atoms with van der Waals surface area (Å²) in [6, 6.07) is 7.93. The van der Waals surface area contributed by atoms with Gasteiger partial charge in [-0.25, -0.2) is 0 Å². The van der Waals surface area contributed by atoms with E-state index < -0.39 is 5.60 Å². The van der Waals surface area contributed by atoms with Crippen molar-refractivity contribution in [1.29, 1.82) is 0 Å². The lowest BCUT2D eigenvalue weighted by Crippen LogP contribution is -2.53. The number of aryl methyl sites for hydroxylation is 1. The summed E-state index contributed by atoms with van der Waals surface area (Å²) in [6.45, 7) is 5.40. The third-order valence-electron chi connectivity index (χ3n) is 5.22. The van der Waals surface area contributed by atoms with Gasteiger partial charge in [-0.1, -0.05) is 18.2 Å². The molecule has 1 N–H and O–H groups in total. The molecular weight excluding hydrogens is 276 g/mol. The van der Waals surface area contributed by atoms with Gasteiger partial charge in [-0.05, 0) is 50.9 Å². The Kier molecular flexibility index (Phi) is 3.19. The van der Waals surface area contributed by atoms with Crippen LogP contribution in [0, 0.1) is 6.92 Å². The standard InChI is InChI=1S/C18H24N2O2/c1-14-5-2-3-6-15(14)22-18(9-10-18)16(21)19-17(7-8-17)13-20-11-4-12-20/h2-3,5-6H,4,7-13H2,1H3,(H,19,21). The van der Waals surface area contributed by atoms with Crippen molar-refractivity contribution in [3.63, 3.8) is 0 Å². The van der Waals surface area contributed by atoms with Gasteiger partial charge < -0.3 is 15.0 Å². The summed E-state index contributed by atoms with van der Waals surface area (Å²) in [5, 5.41) is 3.30. The van der Waals surface area contributed by atoms with E-state index in [-0.39, 0.29) is 11.4 Å². The molecule has 1 aromatic rings. The fourth-order valence-corrected chi connectivity index (χ4v) is 3.17. The average molecular weight is 300 g/mol. The second kappa shape index (κ2) is 4.98. The van der Waals surface area contributed by atoms with Crippen LogP contribution in [0.15, 0.2) is 24.3 Å². The van der Waals surface area contributed by atoms with E-state index in [4.69, 9.17) is 4.74 Å². The van der Waals surface area contributed by atoms with Gasteiger partial charge in [0.1, 0.15) is 5.75 Å². The highest BCUT2D eigenvalue weighted by atomic mass is 16.5. The van der Waals surface area contributed by atoms with Gasteiger partial charge in [-0.3, -0.25) is 4.79 Å². The van der Waals surface area contributed by atoms with Crippen LogP contribution in [0.1, 0.15) is 37.7 Å². The number of carbonyl (C=O) groups excluding carboxylic acids is 1. The summed E-state index contributed by atoms with van der Waals surface area (Å²) in [5.74, 6) is 0.927. The Balaban J connectivity index is 1.40. The van der Waals surface area contributed by atoms with Gasteiger partial charge >= 0.3 is 0 Å². The first-order chi connectivity index (χ1) is 10.6. The van der Waals surface area contributed by atoms with Crippen LogP contribution in [-0.4, -0.2) is 41.6 Å². The van der Waals surface area contributed by atoms with Crippen LogP contribution in [0.5, 0.6) is 5.75 Å². The summed E-state index contributed by atoms with van der Waals surface area (Å²) in [6.07, 6.45) is 5.16. The number of amides is 1. The van der Waals surface area contributed by atoms with Crippen LogP contribution in [0.25, 0.3) is 0 Å². The minimum atomic E-state index is -0.614. The van der Waals surface area contributed by atoms with Crippen molar-refractivity contribution in [2.45, 2.75) is 50.2 Å². The lowest BCUT2D eigenvalue weighted by atomic mass is 10.1. The Morgan fingerprint density at radius 2 is 1.95 bits per heavy atom. The van der Waals surface area contributed by atoms with Crippen LogP contribution in [0.4, 0.5) is 0 Å². The zero-order valence-corrected chi connectivity index (χ0v) is 13.2. The summed E-state index contributed by atoms with van der Waals surface area (Å²) in [7, 11) is 0. The van der Waals surface area contributed by atoms with Crippen molar-refractivity contribution in [3.8, 4) is 5.75 Å². The topological polar surface area (TPSA) is 41.6 Å². The number of hydrogen-bond donors (Lipinski definition) is 1. The number of carbonyl (C=O) groups is 1. The Morgan fingerprint density at radius 3 is 2.50 bits per heavy atom. The molecule has 118 valence electrons. The van der Waals surface area contributed by atoms with Crippen LogP contribution in [-0.2, 0) is 4.79 Å². The molecule has 22 heavy (non-hydrogen) atoms. The van der Waals surface area contributed by atoms with Crippen molar-refractivity contribution in [2.24, 2.45) is 0 Å². The van der Waals surface area contributed by atoms with E-state index in [1.807, 2.05) is 31.2 Å². The zero-order chi connectivity index (χ0) is 15.2. The van der Waals surface area contributed by atoms with Crippen LogP contribution in [0.3, 0.4) is 0 Å². The highest BCUT2D eigenvalue weighted by Gasteiger charge is 2.57. The normalized spacial score (nSPS) is 24.2. The molecule has 1 saturated heterocycles. The molecule has 3 fully saturated rings. The number of nitrogens with one attached hydrogen (secondary N) is 1. The van der Waals surface area contributed by atoms with E-state index in [2.05, 4.69) is 10.2 Å². The van der Waals surface area contributed by atoms with E-state index in [0.29, 0.717) is 0 Å². The molecule has 0 aromatic heterocycles. The summed E-state index contributed by atoms with van der Waals surface area (Å²) in [5.41, 5.74) is 0.502. The van der Waals surface area contributed by atoms with E-state index in [9.17, 15) is 4.79 Å². The number of likely N-dealkylation sites (tertiary alicyclic amines) is 1. The van der Waals surface area contributed by atoms with Crippen molar-refractivity contribution in [1.82, 2.24) is 10.2 Å². The molecule has 0 unspecified atom stereocenters. The van der Waals surface area contributed by atoms with Gasteiger partial charge in [0.2, 0.25) is 0 Å². The Morgan fingerprint density at radius 1 is 1.23 bits per heavy atom. The molecule has 1 amide bonds. The maximum absolute atomic E-state index is 12.7. The molecule has 4 nitrogen and oxygen atoms in total. The number of benzene rings is 1. The van der Waals surface area contributed by atoms with Crippen LogP contribution >= 0.6 is 0 Å². The van der Waals surface area contributed by atoms with Gasteiger partial charge in [0.15, 0.2) is 5.60 Å². The number of rotatable bonds is 6. The molecular formula is C18H24N2O2. The number of para-hydroxylation sites is 1. The highest BCUT2D eigenvalue weighted by Crippen LogP contribution is 2.44. The van der Waals surface area contributed by atoms with E-state index in [1.54, 1.807) is 0 Å². The van der Waals surface area contributed by atoms with Crippen molar-refractivity contribution in [2.75, 3.05) is 19.6 Å². The minimum absolute atomic E-state index is 0.0299. The van der Waals surface area contributed by atoms with Gasteiger partial charge in [0.25, 0.3) is 5.91 Å². The molecule has 0 bridgehead atoms.